The largest absolute Gasteiger partial charge is 0.497 e. The normalized spacial score (nSPS) is 25.4. The van der Waals surface area contributed by atoms with Crippen LogP contribution in [0.15, 0.2) is 170 Å². The van der Waals surface area contributed by atoms with E-state index >= 15 is 0 Å². The molecule has 0 spiro atoms. The Hall–Kier alpha value is -11.5. The summed E-state index contributed by atoms with van der Waals surface area (Å²) in [5, 5.41) is 27.6. The number of nitrogens with zero attached hydrogens (tertiary/aromatic N) is 4. The zero-order valence-electron chi connectivity index (χ0n) is 68.8. The third kappa shape index (κ3) is 20.4. The number of amides is 5. The van der Waals surface area contributed by atoms with E-state index in [2.05, 4.69) is 26.0 Å². The van der Waals surface area contributed by atoms with E-state index in [1.54, 1.807) is 81.6 Å². The van der Waals surface area contributed by atoms with E-state index < -0.39 is 159 Å². The van der Waals surface area contributed by atoms with Crippen LogP contribution in [0.4, 0.5) is 46.5 Å². The minimum absolute atomic E-state index is 0.0146. The first-order chi connectivity index (χ1) is 59.3. The fourth-order valence-corrected chi connectivity index (χ4v) is 18.3. The molecule has 5 amide bonds. The number of benzene rings is 6. The molecule has 4 saturated carbocycles. The van der Waals surface area contributed by atoms with Crippen molar-refractivity contribution in [2.24, 2.45) is 17.0 Å². The number of fused-ring (bicyclic) bond motifs is 6. The minimum atomic E-state index is -4.86. The van der Waals surface area contributed by atoms with Gasteiger partial charge < -0.3 is 55.1 Å². The zero-order chi connectivity index (χ0) is 89.3. The molecule has 6 aromatic carbocycles. The number of anilines is 2. The highest BCUT2D eigenvalue weighted by Crippen LogP contribution is 2.50. The molecule has 8 N–H and O–H groups in total. The summed E-state index contributed by atoms with van der Waals surface area (Å²) >= 11 is 0. The smallest absolute Gasteiger partial charge is 0.416 e. The second kappa shape index (κ2) is 35.9. The number of ether oxygens (including phenoxy) is 4. The number of carbonyl (C=O) groups excluding carboxylic acids is 5. The molecular weight excluding hydrogens is 1680 g/mol. The number of nitrogens with two attached hydrogens (primary N) is 1. The molecule has 4 aliphatic carbocycles. The summed E-state index contributed by atoms with van der Waals surface area (Å²) in [6.45, 7) is 2.96. The third-order valence-electron chi connectivity index (χ3n) is 24.6. The predicted octanol–water partition coefficient (Wildman–Crippen LogP) is 14.5. The monoisotopic (exact) mass is 1770 g/mol. The molecule has 2 saturated heterocycles. The summed E-state index contributed by atoms with van der Waals surface area (Å²) in [5.41, 5.74) is -2.20. The van der Waals surface area contributed by atoms with Crippen molar-refractivity contribution < 1.29 is 105 Å². The molecule has 8 aromatic rings. The van der Waals surface area contributed by atoms with Crippen LogP contribution in [-0.2, 0) is 61.2 Å². The van der Waals surface area contributed by atoms with Crippen molar-refractivity contribution in [3.8, 4) is 45.5 Å². The average Bonchev–Trinajstić information content (AvgIpc) is 1.57. The predicted molar refractivity (Wildman–Crippen MR) is 450 cm³/mol. The molecule has 0 unspecified atom stereocenters. The highest BCUT2D eigenvalue weighted by molar-refractivity contribution is 7.91. The SMILES string of the molecule is CC1(S(N)(=O)=O)CC1.COc1ccc2c(O[C@@H]3C[C@H]4C(=O)N[C@]5(C(=O)NS(=O)(=O)C6(C)CC6)C[C@H]5/C=C\CCCCC[C@H](Nc5cc(F)cc(C(F)(F)F)c5)C(=O)N4C3)cc(-c3ccccc3)nc2c1.COc1ccc2c(O[C@@H]3C[C@H]4C(=O)N[C@]5(C(=O)O)C[C@H]5/C=C\CCCCC[C@H](Nc5cc(F)cc(C(F)(F)F)c5)C(=O)N4C3)cc(-c3ccccc3)nc2c1. The van der Waals surface area contributed by atoms with Gasteiger partial charge in [-0.25, -0.2) is 45.5 Å². The van der Waals surface area contributed by atoms with Crippen molar-refractivity contribution in [1.29, 1.82) is 0 Å². The van der Waals surface area contributed by atoms with Crippen molar-refractivity contribution in [3.05, 3.63) is 193 Å². The molecule has 35 heteroatoms. The second-order valence-electron chi connectivity index (χ2n) is 33.7. The zero-order valence-corrected chi connectivity index (χ0v) is 70.4. The Bertz CT molecular complexity index is 5750. The van der Waals surface area contributed by atoms with Crippen molar-refractivity contribution in [1.82, 2.24) is 35.1 Å². The summed E-state index contributed by atoms with van der Waals surface area (Å²) in [7, 11) is -4.23. The number of halogens is 8. The summed E-state index contributed by atoms with van der Waals surface area (Å²) in [6, 6.07) is 32.2. The van der Waals surface area contributed by atoms with Crippen LogP contribution in [-0.4, -0.2) is 161 Å². The number of hydrogen-bond donors (Lipinski definition) is 7. The van der Waals surface area contributed by atoms with Gasteiger partial charge in [0.25, 0.3) is 5.91 Å². The fourth-order valence-electron chi connectivity index (χ4n) is 16.3. The maximum Gasteiger partial charge on any atom is 0.416 e. The quantitative estimate of drug-likeness (QED) is 0.0329. The van der Waals surface area contributed by atoms with Gasteiger partial charge in [-0.2, -0.15) is 26.3 Å². The van der Waals surface area contributed by atoms with E-state index in [1.165, 1.54) is 16.9 Å². The topological polar surface area (TPSA) is 346 Å². The first kappa shape index (κ1) is 89.8. The summed E-state index contributed by atoms with van der Waals surface area (Å²) in [5.74, 6) is -6.04. The maximum absolute atomic E-state index is 14.8. The number of nitrogens with one attached hydrogen (secondary N) is 5. The van der Waals surface area contributed by atoms with Crippen molar-refractivity contribution in [2.45, 2.75) is 199 Å². The first-order valence-electron chi connectivity index (χ1n) is 41.4. The van der Waals surface area contributed by atoms with Crippen molar-refractivity contribution >= 4 is 88.7 Å². The van der Waals surface area contributed by atoms with Crippen LogP contribution >= 0.6 is 0 Å². The molecule has 0 bridgehead atoms. The Morgan fingerprint density at radius 1 is 0.544 bits per heavy atom. The number of allylic oxidation sites excluding steroid dienone is 2. The summed E-state index contributed by atoms with van der Waals surface area (Å²) in [4.78, 5) is 97.0. The van der Waals surface area contributed by atoms with Gasteiger partial charge in [-0.05, 0) is 152 Å². The molecule has 2 aromatic heterocycles. The average molecular weight is 1770 g/mol. The minimum Gasteiger partial charge on any atom is -0.497 e. The van der Waals surface area contributed by atoms with Gasteiger partial charge in [0.05, 0.1) is 70.4 Å². The van der Waals surface area contributed by atoms with Crippen LogP contribution in [0, 0.1) is 23.5 Å². The van der Waals surface area contributed by atoms with Crippen LogP contribution in [0.5, 0.6) is 23.0 Å². The lowest BCUT2D eigenvalue weighted by Gasteiger charge is -2.30. The molecular formula is C90H96F8N10O15S2. The van der Waals surface area contributed by atoms with Gasteiger partial charge >= 0.3 is 18.3 Å². The Labute approximate surface area is 716 Å². The van der Waals surface area contributed by atoms with Crippen molar-refractivity contribution in [2.75, 3.05) is 37.9 Å². The van der Waals surface area contributed by atoms with Gasteiger partial charge in [0.1, 0.15) is 82.1 Å². The lowest BCUT2D eigenvalue weighted by atomic mass is 10.0. The Kier molecular flexibility index (Phi) is 25.8. The number of aliphatic carboxylic acids is 1. The highest BCUT2D eigenvalue weighted by Gasteiger charge is 2.64. The third-order valence-corrected chi connectivity index (χ3v) is 28.5. The van der Waals surface area contributed by atoms with E-state index in [0.29, 0.717) is 133 Å². The molecule has 16 rings (SSSR count). The van der Waals surface area contributed by atoms with Crippen molar-refractivity contribution in [3.63, 3.8) is 0 Å². The van der Waals surface area contributed by atoms with Gasteiger partial charge in [-0.15, -0.1) is 0 Å². The van der Waals surface area contributed by atoms with Crippen LogP contribution in [0.1, 0.15) is 141 Å². The van der Waals surface area contributed by atoms with Gasteiger partial charge in [0.15, 0.2) is 0 Å². The molecule has 664 valence electrons. The van der Waals surface area contributed by atoms with Crippen LogP contribution in [0.3, 0.4) is 0 Å². The molecule has 0 radical (unpaired) electrons. The number of rotatable bonds is 17. The highest BCUT2D eigenvalue weighted by atomic mass is 32.2. The number of pyridine rings is 2. The summed E-state index contributed by atoms with van der Waals surface area (Å²) in [6.07, 6.45) is 3.69. The molecule has 10 atom stereocenters. The Morgan fingerprint density at radius 3 is 1.35 bits per heavy atom. The van der Waals surface area contributed by atoms with E-state index in [1.807, 2.05) is 72.8 Å². The van der Waals surface area contributed by atoms with Crippen LogP contribution in [0.2, 0.25) is 0 Å². The summed E-state index contributed by atoms with van der Waals surface area (Å²) < 4.78 is 184. The molecule has 8 aliphatic rings. The second-order valence-corrected chi connectivity index (χ2v) is 38.0. The number of hydrogen-bond acceptors (Lipinski definition) is 18. The molecule has 125 heavy (non-hydrogen) atoms. The van der Waals surface area contributed by atoms with Gasteiger partial charge in [-0.3, -0.25) is 28.7 Å². The van der Waals surface area contributed by atoms with Crippen LogP contribution in [0.25, 0.3) is 44.3 Å². The molecule has 6 fully saturated rings. The van der Waals surface area contributed by atoms with E-state index in [4.69, 9.17) is 34.1 Å². The standard InChI is InChI=1S/C45H47F4N5O7S.C41H40F4N4O6.C4H9NO2S/c1-43(17-18-43)62(58,59)53-42(57)44-25-28(44)13-9-4-3-5-10-14-35(50-31-20-29(45(47,48)49)19-30(46)21-31)41(56)54-26-33(23-38(54)40(55)52-44)61-39-24-36(27-11-7-6-8-12-27)51-37-22-32(60-2)15-16-34(37)39;1-54-29-14-15-31-34(19-29)47-33(24-10-6-5-7-11-24)21-36(31)55-30-20-35-37(50)48-40(39(52)53)22-25(40)12-8-3-2-4-9-13-32(38(51)49(35)23-30)46-28-17-26(41(43,44)45)16-27(42)18-28;1-4(2-3-4)8(5,6)7/h6-9,11-13,15-16,19-22,24,28,33,35,38,50H,3-5,10,14,17-18,23,25-26H2,1-2H3,(H,52,55)(H,53,57);5-8,10-12,14-19,21,25,30,32,35,46H,2-4,9,13,20,22-23H2,1H3,(H,48,50)(H,52,53);2-3H2,1H3,(H2,5,6,7)/b13-9-;12-8-;/t28-,33-,35+,38+,44-;25-,30-,32+,35+,40-;/m11./s1. The number of methoxy groups -OCH3 is 2. The fraction of sp³-hybridized carbons (Fsp3) is 0.422. The number of primary sulfonamides is 1. The maximum atomic E-state index is 14.8. The van der Waals surface area contributed by atoms with Crippen LogP contribution < -0.4 is 50.1 Å². The van der Waals surface area contributed by atoms with E-state index in [-0.39, 0.29) is 63.0 Å². The van der Waals surface area contributed by atoms with E-state index in [0.717, 1.165) is 48.2 Å². The van der Waals surface area contributed by atoms with E-state index in [9.17, 15) is 85.8 Å². The number of carboxylic acids is 1. The van der Waals surface area contributed by atoms with Gasteiger partial charge in [-0.1, -0.05) is 111 Å². The molecule has 25 nitrogen and oxygen atoms in total. The molecule has 4 aliphatic heterocycles. The molecule has 6 heterocycles. The number of alkyl halides is 6. The Morgan fingerprint density at radius 2 is 0.960 bits per heavy atom. The lowest BCUT2D eigenvalue weighted by molar-refractivity contribution is -0.145. The number of aromatic nitrogens is 2. The van der Waals surface area contributed by atoms with Gasteiger partial charge in [0.2, 0.25) is 43.7 Å². The lowest BCUT2D eigenvalue weighted by Crippen LogP contribution is -2.58. The Balaban J connectivity index is 0.000000187. The number of sulfonamides is 2. The first-order valence-corrected chi connectivity index (χ1v) is 44.4. The number of carbonyl (C=O) groups is 6. The van der Waals surface area contributed by atoms with Gasteiger partial charge in [0, 0.05) is 82.2 Å². The number of carboxylic acid groups (broad SMARTS) is 1.